The van der Waals surface area contributed by atoms with Gasteiger partial charge in [-0.1, -0.05) is 19.4 Å². The average Bonchev–Trinajstić information content (AvgIpc) is 2.79. The quantitative estimate of drug-likeness (QED) is 0.854. The van der Waals surface area contributed by atoms with Crippen LogP contribution in [-0.2, 0) is 6.42 Å². The third kappa shape index (κ3) is 3.55. The monoisotopic (exact) mass is 313 g/mol. The molecule has 0 spiro atoms. The van der Waals surface area contributed by atoms with Crippen molar-refractivity contribution < 1.29 is 4.39 Å². The second kappa shape index (κ2) is 6.67. The molecule has 1 saturated carbocycles. The fourth-order valence-corrected chi connectivity index (χ4v) is 3.28. The predicted molar refractivity (Wildman–Crippen MR) is 77.2 cm³/mol. The fraction of sp³-hybridized carbons (Fsp3) is 0.600. The summed E-state index contributed by atoms with van der Waals surface area (Å²) >= 11 is 3.26. The highest BCUT2D eigenvalue weighted by atomic mass is 79.9. The maximum Gasteiger partial charge on any atom is 0.137 e. The second-order valence-electron chi connectivity index (χ2n) is 5.20. The third-order valence-electron chi connectivity index (χ3n) is 3.80. The van der Waals surface area contributed by atoms with Crippen molar-refractivity contribution in [2.24, 2.45) is 5.92 Å². The second-order valence-corrected chi connectivity index (χ2v) is 6.06. The minimum atomic E-state index is -0.175. The summed E-state index contributed by atoms with van der Waals surface area (Å²) in [5.41, 5.74) is 1.23. The lowest BCUT2D eigenvalue weighted by atomic mass is 9.94. The van der Waals surface area contributed by atoms with E-state index in [2.05, 4.69) is 28.2 Å². The van der Waals surface area contributed by atoms with Gasteiger partial charge in [-0.3, -0.25) is 0 Å². The number of nitrogens with one attached hydrogen (secondary N) is 1. The predicted octanol–water partition coefficient (Wildman–Crippen LogP) is 4.30. The Morgan fingerprint density at radius 1 is 1.39 bits per heavy atom. The van der Waals surface area contributed by atoms with Crippen molar-refractivity contribution in [3.05, 3.63) is 34.1 Å². The van der Waals surface area contributed by atoms with Crippen LogP contribution in [-0.4, -0.2) is 12.6 Å². The Labute approximate surface area is 117 Å². The molecular weight excluding hydrogens is 293 g/mol. The zero-order valence-corrected chi connectivity index (χ0v) is 12.5. The summed E-state index contributed by atoms with van der Waals surface area (Å²) in [7, 11) is 0. The molecule has 1 fully saturated rings. The fourth-order valence-electron chi connectivity index (χ4n) is 2.85. The summed E-state index contributed by atoms with van der Waals surface area (Å²) in [6.07, 6.45) is 6.13. The Kier molecular flexibility index (Phi) is 5.19. The molecule has 3 heteroatoms. The molecule has 18 heavy (non-hydrogen) atoms. The van der Waals surface area contributed by atoms with Crippen LogP contribution in [0.2, 0.25) is 0 Å². The highest BCUT2D eigenvalue weighted by Gasteiger charge is 2.26. The van der Waals surface area contributed by atoms with E-state index in [4.69, 9.17) is 0 Å². The van der Waals surface area contributed by atoms with Crippen LogP contribution in [0.15, 0.2) is 22.7 Å². The van der Waals surface area contributed by atoms with Gasteiger partial charge in [0, 0.05) is 6.04 Å². The molecule has 1 N–H and O–H groups in total. The van der Waals surface area contributed by atoms with E-state index < -0.39 is 0 Å². The molecule has 0 radical (unpaired) electrons. The highest BCUT2D eigenvalue weighted by Crippen LogP contribution is 2.30. The van der Waals surface area contributed by atoms with Crippen molar-refractivity contribution in [3.8, 4) is 0 Å². The van der Waals surface area contributed by atoms with Crippen molar-refractivity contribution in [2.45, 2.75) is 45.1 Å². The van der Waals surface area contributed by atoms with Gasteiger partial charge in [-0.05, 0) is 71.8 Å². The molecule has 100 valence electrons. The first kappa shape index (κ1) is 14.0. The van der Waals surface area contributed by atoms with Gasteiger partial charge < -0.3 is 5.32 Å². The van der Waals surface area contributed by atoms with E-state index in [9.17, 15) is 4.39 Å². The average molecular weight is 314 g/mol. The van der Waals surface area contributed by atoms with Gasteiger partial charge in [0.2, 0.25) is 0 Å². The molecule has 2 rings (SSSR count). The van der Waals surface area contributed by atoms with Gasteiger partial charge in [0.05, 0.1) is 4.47 Å². The van der Waals surface area contributed by atoms with Crippen LogP contribution in [0.5, 0.6) is 0 Å². The summed E-state index contributed by atoms with van der Waals surface area (Å²) in [4.78, 5) is 0. The summed E-state index contributed by atoms with van der Waals surface area (Å²) < 4.78 is 13.8. The summed E-state index contributed by atoms with van der Waals surface area (Å²) in [6, 6.07) is 6.04. The van der Waals surface area contributed by atoms with Crippen LogP contribution in [0.4, 0.5) is 4.39 Å². The number of hydrogen-bond acceptors (Lipinski definition) is 1. The number of benzene rings is 1. The van der Waals surface area contributed by atoms with E-state index in [0.29, 0.717) is 16.4 Å². The Morgan fingerprint density at radius 3 is 2.94 bits per heavy atom. The minimum Gasteiger partial charge on any atom is -0.314 e. The van der Waals surface area contributed by atoms with Crippen LogP contribution < -0.4 is 5.32 Å². The summed E-state index contributed by atoms with van der Waals surface area (Å²) in [6.45, 7) is 3.31. The lowest BCUT2D eigenvalue weighted by molar-refractivity contribution is 0.399. The van der Waals surface area contributed by atoms with E-state index in [1.807, 2.05) is 12.1 Å². The van der Waals surface area contributed by atoms with Gasteiger partial charge in [-0.2, -0.15) is 0 Å². The molecule has 1 aliphatic rings. The third-order valence-corrected chi connectivity index (χ3v) is 4.41. The van der Waals surface area contributed by atoms with Crippen LogP contribution in [0.25, 0.3) is 0 Å². The van der Waals surface area contributed by atoms with E-state index in [-0.39, 0.29) is 5.82 Å². The lowest BCUT2D eigenvalue weighted by Crippen LogP contribution is -2.33. The molecule has 0 aliphatic heterocycles. The van der Waals surface area contributed by atoms with Gasteiger partial charge in [0.25, 0.3) is 0 Å². The van der Waals surface area contributed by atoms with E-state index >= 15 is 0 Å². The zero-order chi connectivity index (χ0) is 13.0. The molecule has 1 aromatic rings. The minimum absolute atomic E-state index is 0.175. The molecule has 0 aromatic heterocycles. The zero-order valence-electron chi connectivity index (χ0n) is 10.9. The molecule has 0 bridgehead atoms. The van der Waals surface area contributed by atoms with Gasteiger partial charge in [-0.25, -0.2) is 4.39 Å². The summed E-state index contributed by atoms with van der Waals surface area (Å²) in [5, 5.41) is 3.64. The van der Waals surface area contributed by atoms with E-state index in [0.717, 1.165) is 13.0 Å². The molecule has 1 aliphatic carbocycles. The first-order chi connectivity index (χ1) is 8.70. The first-order valence-electron chi connectivity index (χ1n) is 6.88. The van der Waals surface area contributed by atoms with Gasteiger partial charge in [0.15, 0.2) is 0 Å². The molecule has 0 amide bonds. The Morgan fingerprint density at radius 2 is 2.22 bits per heavy atom. The van der Waals surface area contributed by atoms with Crippen LogP contribution in [0.3, 0.4) is 0 Å². The molecular formula is C15H21BrFN. The molecule has 0 heterocycles. The van der Waals surface area contributed by atoms with Crippen molar-refractivity contribution >= 4 is 15.9 Å². The maximum atomic E-state index is 13.2. The molecule has 0 saturated heterocycles. The van der Waals surface area contributed by atoms with E-state index in [1.54, 1.807) is 6.07 Å². The summed E-state index contributed by atoms with van der Waals surface area (Å²) in [5.74, 6) is 0.528. The van der Waals surface area contributed by atoms with Crippen molar-refractivity contribution in [3.63, 3.8) is 0 Å². The number of rotatable bonds is 5. The van der Waals surface area contributed by atoms with Crippen molar-refractivity contribution in [1.82, 2.24) is 5.32 Å². The number of halogens is 2. The Balaban J connectivity index is 1.96. The molecule has 1 nitrogen and oxygen atoms in total. The molecule has 2 atom stereocenters. The van der Waals surface area contributed by atoms with Crippen molar-refractivity contribution in [1.29, 1.82) is 0 Å². The largest absolute Gasteiger partial charge is 0.314 e. The van der Waals surface area contributed by atoms with Crippen molar-refractivity contribution in [2.75, 3.05) is 6.54 Å². The smallest absolute Gasteiger partial charge is 0.137 e. The SMILES string of the molecule is CCCNC1CCCC1Cc1ccc(F)c(Br)c1. The van der Waals surface area contributed by atoms with Gasteiger partial charge in [-0.15, -0.1) is 0 Å². The van der Waals surface area contributed by atoms with Crippen LogP contribution in [0, 0.1) is 11.7 Å². The van der Waals surface area contributed by atoms with Gasteiger partial charge in [0.1, 0.15) is 5.82 Å². The lowest BCUT2D eigenvalue weighted by Gasteiger charge is -2.21. The Hall–Kier alpha value is -0.410. The highest BCUT2D eigenvalue weighted by molar-refractivity contribution is 9.10. The molecule has 2 unspecified atom stereocenters. The molecule has 1 aromatic carbocycles. The Bertz CT molecular complexity index is 394. The topological polar surface area (TPSA) is 12.0 Å². The number of hydrogen-bond donors (Lipinski definition) is 1. The van der Waals surface area contributed by atoms with Crippen LogP contribution in [0.1, 0.15) is 38.2 Å². The van der Waals surface area contributed by atoms with E-state index in [1.165, 1.54) is 31.2 Å². The van der Waals surface area contributed by atoms with Crippen LogP contribution >= 0.6 is 15.9 Å². The standard InChI is InChI=1S/C15H21BrFN/c1-2-8-18-15-5-3-4-12(15)9-11-6-7-14(17)13(16)10-11/h6-7,10,12,15,18H,2-5,8-9H2,1H3. The first-order valence-corrected chi connectivity index (χ1v) is 7.67. The van der Waals surface area contributed by atoms with Gasteiger partial charge >= 0.3 is 0 Å². The maximum absolute atomic E-state index is 13.2. The normalized spacial score (nSPS) is 23.5.